The van der Waals surface area contributed by atoms with Crippen molar-refractivity contribution in [3.63, 3.8) is 0 Å². The van der Waals surface area contributed by atoms with Gasteiger partial charge in [-0.1, -0.05) is 11.6 Å². The lowest BCUT2D eigenvalue weighted by atomic mass is 9.99. The second-order valence-electron chi connectivity index (χ2n) is 6.44. The number of H-pyrrole nitrogens is 1. The zero-order valence-electron chi connectivity index (χ0n) is 15.5. The number of nitrogens with two attached hydrogens (primary N) is 1. The SMILES string of the molecule is COc1cc(C)c2[nH]c(-c3cc(Cl)ccc3OC)c(CCCCN)c2c1. The normalized spacial score (nSPS) is 11.1. The van der Waals surface area contributed by atoms with Crippen LogP contribution in [0.5, 0.6) is 11.5 Å². The molecular weight excluding hydrogens is 348 g/mol. The number of hydrogen-bond acceptors (Lipinski definition) is 3. The van der Waals surface area contributed by atoms with Crippen LogP contribution in [0.3, 0.4) is 0 Å². The van der Waals surface area contributed by atoms with Gasteiger partial charge in [-0.15, -0.1) is 0 Å². The number of benzene rings is 2. The molecule has 0 aliphatic heterocycles. The van der Waals surface area contributed by atoms with Crippen LogP contribution in [0.15, 0.2) is 30.3 Å². The van der Waals surface area contributed by atoms with Gasteiger partial charge >= 0.3 is 0 Å². The average molecular weight is 373 g/mol. The van der Waals surface area contributed by atoms with Crippen LogP contribution in [0.1, 0.15) is 24.0 Å². The second kappa shape index (κ2) is 8.02. The maximum atomic E-state index is 6.27. The number of aryl methyl sites for hydroxylation is 2. The number of aromatic amines is 1. The summed E-state index contributed by atoms with van der Waals surface area (Å²) in [6, 6.07) is 9.83. The monoisotopic (exact) mass is 372 g/mol. The van der Waals surface area contributed by atoms with Gasteiger partial charge in [0.05, 0.1) is 19.9 Å². The number of nitrogens with one attached hydrogen (secondary N) is 1. The number of fused-ring (bicyclic) bond motifs is 1. The Balaban J connectivity index is 2.25. The Hall–Kier alpha value is -2.17. The highest BCUT2D eigenvalue weighted by atomic mass is 35.5. The number of halogens is 1. The molecule has 3 N–H and O–H groups in total. The number of unbranched alkanes of at least 4 members (excludes halogenated alkanes) is 1. The molecule has 138 valence electrons. The van der Waals surface area contributed by atoms with Crippen molar-refractivity contribution in [1.82, 2.24) is 4.98 Å². The van der Waals surface area contributed by atoms with Gasteiger partial charge < -0.3 is 20.2 Å². The Morgan fingerprint density at radius 3 is 2.58 bits per heavy atom. The second-order valence-corrected chi connectivity index (χ2v) is 6.87. The standard InChI is InChI=1S/C21H25ClN2O2/c1-13-10-15(25-2)12-17-16(6-4-5-9-23)21(24-20(13)17)18-11-14(22)7-8-19(18)26-3/h7-8,10-12,24H,4-6,9,23H2,1-3H3. The van der Waals surface area contributed by atoms with E-state index in [0.717, 1.165) is 53.1 Å². The fraction of sp³-hybridized carbons (Fsp3) is 0.333. The van der Waals surface area contributed by atoms with Crippen LogP contribution in [0.4, 0.5) is 0 Å². The molecule has 0 aliphatic carbocycles. The number of rotatable bonds is 7. The number of methoxy groups -OCH3 is 2. The molecule has 4 nitrogen and oxygen atoms in total. The molecule has 0 spiro atoms. The molecule has 0 unspecified atom stereocenters. The van der Waals surface area contributed by atoms with Crippen LogP contribution in [0.2, 0.25) is 5.02 Å². The molecule has 1 heterocycles. The Labute approximate surface area is 159 Å². The van der Waals surface area contributed by atoms with E-state index in [4.69, 9.17) is 26.8 Å². The lowest BCUT2D eigenvalue weighted by molar-refractivity contribution is 0.415. The predicted molar refractivity (Wildman–Crippen MR) is 109 cm³/mol. The summed E-state index contributed by atoms with van der Waals surface area (Å²) in [5.74, 6) is 1.66. The summed E-state index contributed by atoms with van der Waals surface area (Å²) in [4.78, 5) is 3.60. The minimum Gasteiger partial charge on any atom is -0.497 e. The molecule has 0 saturated heterocycles. The van der Waals surface area contributed by atoms with Crippen molar-refractivity contribution in [1.29, 1.82) is 0 Å². The Morgan fingerprint density at radius 2 is 1.88 bits per heavy atom. The van der Waals surface area contributed by atoms with E-state index in [0.29, 0.717) is 11.6 Å². The third-order valence-electron chi connectivity index (χ3n) is 4.73. The molecule has 0 saturated carbocycles. The molecule has 3 aromatic rings. The van der Waals surface area contributed by atoms with E-state index in [1.807, 2.05) is 24.3 Å². The third-order valence-corrected chi connectivity index (χ3v) is 4.97. The van der Waals surface area contributed by atoms with Crippen molar-refractivity contribution >= 4 is 22.5 Å². The van der Waals surface area contributed by atoms with Crippen molar-refractivity contribution in [3.8, 4) is 22.8 Å². The van der Waals surface area contributed by atoms with Gasteiger partial charge in [-0.25, -0.2) is 0 Å². The molecule has 0 radical (unpaired) electrons. The van der Waals surface area contributed by atoms with Crippen molar-refractivity contribution in [2.24, 2.45) is 5.73 Å². The topological polar surface area (TPSA) is 60.3 Å². The van der Waals surface area contributed by atoms with Crippen molar-refractivity contribution in [3.05, 3.63) is 46.5 Å². The van der Waals surface area contributed by atoms with Gasteiger partial charge in [0.25, 0.3) is 0 Å². The van der Waals surface area contributed by atoms with Crippen LogP contribution in [0.25, 0.3) is 22.2 Å². The van der Waals surface area contributed by atoms with Crippen molar-refractivity contribution < 1.29 is 9.47 Å². The highest BCUT2D eigenvalue weighted by molar-refractivity contribution is 6.31. The molecule has 26 heavy (non-hydrogen) atoms. The molecule has 2 aromatic carbocycles. The van der Waals surface area contributed by atoms with E-state index in [2.05, 4.69) is 18.0 Å². The summed E-state index contributed by atoms with van der Waals surface area (Å²) < 4.78 is 11.1. The average Bonchev–Trinajstić information content (AvgIpc) is 3.01. The summed E-state index contributed by atoms with van der Waals surface area (Å²) in [6.07, 6.45) is 2.94. The largest absolute Gasteiger partial charge is 0.497 e. The molecule has 0 bridgehead atoms. The van der Waals surface area contributed by atoms with Gasteiger partial charge in [0.1, 0.15) is 11.5 Å². The molecule has 0 fully saturated rings. The molecule has 0 amide bonds. The molecule has 1 aromatic heterocycles. The molecule has 5 heteroatoms. The summed E-state index contributed by atoms with van der Waals surface area (Å²) in [5, 5.41) is 1.86. The number of hydrogen-bond donors (Lipinski definition) is 2. The lowest BCUT2D eigenvalue weighted by Gasteiger charge is -2.10. The fourth-order valence-electron chi connectivity index (χ4n) is 3.42. The van der Waals surface area contributed by atoms with Crippen LogP contribution in [-0.2, 0) is 6.42 Å². The van der Waals surface area contributed by atoms with Crippen LogP contribution >= 0.6 is 11.6 Å². The minimum absolute atomic E-state index is 0.682. The minimum atomic E-state index is 0.682. The first-order valence-corrected chi connectivity index (χ1v) is 9.20. The highest BCUT2D eigenvalue weighted by Crippen LogP contribution is 2.39. The van der Waals surface area contributed by atoms with Crippen LogP contribution in [-0.4, -0.2) is 25.7 Å². The zero-order valence-corrected chi connectivity index (χ0v) is 16.2. The van der Waals surface area contributed by atoms with Gasteiger partial charge in [0, 0.05) is 21.5 Å². The van der Waals surface area contributed by atoms with Gasteiger partial charge in [-0.05, 0) is 74.2 Å². The summed E-state index contributed by atoms with van der Waals surface area (Å²) in [5.41, 5.74) is 11.2. The molecule has 0 aliphatic rings. The van der Waals surface area contributed by atoms with Crippen LogP contribution in [0, 0.1) is 6.92 Å². The Morgan fingerprint density at radius 1 is 1.08 bits per heavy atom. The van der Waals surface area contributed by atoms with E-state index in [-0.39, 0.29) is 0 Å². The lowest BCUT2D eigenvalue weighted by Crippen LogP contribution is -1.99. The fourth-order valence-corrected chi connectivity index (χ4v) is 3.59. The summed E-state index contributed by atoms with van der Waals surface area (Å²) in [6.45, 7) is 2.78. The van der Waals surface area contributed by atoms with E-state index < -0.39 is 0 Å². The van der Waals surface area contributed by atoms with Crippen molar-refractivity contribution in [2.45, 2.75) is 26.2 Å². The van der Waals surface area contributed by atoms with Gasteiger partial charge in [0.2, 0.25) is 0 Å². The molecule has 3 rings (SSSR count). The number of ether oxygens (including phenoxy) is 2. The highest BCUT2D eigenvalue weighted by Gasteiger charge is 2.18. The maximum absolute atomic E-state index is 6.27. The summed E-state index contributed by atoms with van der Waals surface area (Å²) >= 11 is 6.27. The quantitative estimate of drug-likeness (QED) is 0.567. The maximum Gasteiger partial charge on any atom is 0.128 e. The molecule has 0 atom stereocenters. The van der Waals surface area contributed by atoms with Gasteiger partial charge in [0.15, 0.2) is 0 Å². The first kappa shape index (κ1) is 18.6. The van der Waals surface area contributed by atoms with E-state index >= 15 is 0 Å². The third kappa shape index (κ3) is 3.53. The van der Waals surface area contributed by atoms with E-state index in [9.17, 15) is 0 Å². The Bertz CT molecular complexity index is 918. The van der Waals surface area contributed by atoms with Crippen molar-refractivity contribution in [2.75, 3.05) is 20.8 Å². The van der Waals surface area contributed by atoms with Gasteiger partial charge in [-0.3, -0.25) is 0 Å². The van der Waals surface area contributed by atoms with Gasteiger partial charge in [-0.2, -0.15) is 0 Å². The number of aromatic nitrogens is 1. The predicted octanol–water partition coefficient (Wildman–Crippen LogP) is 5.10. The van der Waals surface area contributed by atoms with E-state index in [1.165, 1.54) is 10.9 Å². The zero-order chi connectivity index (χ0) is 18.7. The smallest absolute Gasteiger partial charge is 0.128 e. The Kier molecular flexibility index (Phi) is 5.74. The first-order chi connectivity index (χ1) is 12.6. The molecular formula is C21H25ClN2O2. The van der Waals surface area contributed by atoms with Crippen LogP contribution < -0.4 is 15.2 Å². The first-order valence-electron chi connectivity index (χ1n) is 8.82. The summed E-state index contributed by atoms with van der Waals surface area (Å²) in [7, 11) is 3.38. The van der Waals surface area contributed by atoms with E-state index in [1.54, 1.807) is 14.2 Å².